The summed E-state index contributed by atoms with van der Waals surface area (Å²) in [6, 6.07) is 10.2. The van der Waals surface area contributed by atoms with Crippen molar-refractivity contribution in [3.63, 3.8) is 0 Å². The van der Waals surface area contributed by atoms with Gasteiger partial charge < -0.3 is 5.32 Å². The summed E-state index contributed by atoms with van der Waals surface area (Å²) < 4.78 is 0. The van der Waals surface area contributed by atoms with Gasteiger partial charge in [-0.1, -0.05) is 50.5 Å². The number of hydrogen-bond donors (Lipinski definition) is 1. The lowest BCUT2D eigenvalue weighted by Crippen LogP contribution is -2.36. The maximum atomic E-state index is 12.2. The fraction of sp³-hybridized carbons (Fsp3) is 0.444. The van der Waals surface area contributed by atoms with E-state index in [1.54, 1.807) is 6.08 Å². The number of amides is 1. The van der Waals surface area contributed by atoms with E-state index in [2.05, 4.69) is 12.2 Å². The van der Waals surface area contributed by atoms with Gasteiger partial charge in [-0.3, -0.25) is 4.79 Å². The Balaban J connectivity index is 2.04. The minimum atomic E-state index is -0.246. The van der Waals surface area contributed by atoms with Gasteiger partial charge in [0.2, 0.25) is 0 Å². The predicted molar refractivity (Wildman–Crippen MR) is 84.4 cm³/mol. The molecule has 0 heterocycles. The number of rotatable bonds is 4. The molecule has 0 atom stereocenters. The first-order chi connectivity index (χ1) is 10.2. The Hall–Kier alpha value is -2.08. The van der Waals surface area contributed by atoms with Crippen LogP contribution in [0.4, 0.5) is 0 Å². The van der Waals surface area contributed by atoms with Gasteiger partial charge in [-0.15, -0.1) is 0 Å². The van der Waals surface area contributed by atoms with Crippen LogP contribution in [0, 0.1) is 11.3 Å². The van der Waals surface area contributed by atoms with Crippen LogP contribution in [0.25, 0.3) is 6.08 Å². The fourth-order valence-corrected chi connectivity index (χ4v) is 2.67. The molecule has 1 aliphatic rings. The molecule has 1 saturated carbocycles. The van der Waals surface area contributed by atoms with Crippen molar-refractivity contribution in [2.24, 2.45) is 0 Å². The van der Waals surface area contributed by atoms with Gasteiger partial charge in [0.05, 0.1) is 0 Å². The number of nitrogens with one attached hydrogen (secondary N) is 1. The first-order valence-corrected chi connectivity index (χ1v) is 7.74. The minimum absolute atomic E-state index is 0.185. The zero-order valence-corrected chi connectivity index (χ0v) is 12.6. The zero-order chi connectivity index (χ0) is 15.1. The normalized spacial score (nSPS) is 16.3. The Morgan fingerprint density at radius 1 is 1.29 bits per heavy atom. The summed E-state index contributed by atoms with van der Waals surface area (Å²) in [7, 11) is 0. The summed E-state index contributed by atoms with van der Waals surface area (Å²) in [6.07, 6.45) is 8.27. The van der Waals surface area contributed by atoms with Crippen molar-refractivity contribution in [1.29, 1.82) is 5.26 Å². The third-order valence-electron chi connectivity index (χ3n) is 4.00. The lowest BCUT2D eigenvalue weighted by Gasteiger charge is -2.22. The van der Waals surface area contributed by atoms with Crippen molar-refractivity contribution in [2.75, 3.05) is 0 Å². The predicted octanol–water partition coefficient (Wildman–Crippen LogP) is 3.60. The Bertz CT molecular complexity index is 546. The molecule has 3 nitrogen and oxygen atoms in total. The largest absolute Gasteiger partial charge is 0.349 e. The van der Waals surface area contributed by atoms with Crippen molar-refractivity contribution >= 4 is 12.0 Å². The van der Waals surface area contributed by atoms with E-state index in [0.29, 0.717) is 0 Å². The maximum absolute atomic E-state index is 12.2. The van der Waals surface area contributed by atoms with Gasteiger partial charge in [0.25, 0.3) is 5.91 Å². The van der Waals surface area contributed by atoms with Crippen LogP contribution in [0.1, 0.15) is 50.2 Å². The lowest BCUT2D eigenvalue weighted by molar-refractivity contribution is -0.117. The number of carbonyl (C=O) groups is 1. The standard InChI is InChI=1S/C18H22N2O/c1-2-14-8-10-15(11-9-14)12-16(13-19)18(21)20-17-6-4-3-5-7-17/h8-12,17H,2-7H2,1H3,(H,20,21)/b16-12-. The van der Waals surface area contributed by atoms with Crippen LogP contribution >= 0.6 is 0 Å². The van der Waals surface area contributed by atoms with Crippen molar-refractivity contribution in [3.8, 4) is 6.07 Å². The number of benzene rings is 1. The number of hydrogen-bond acceptors (Lipinski definition) is 2. The van der Waals surface area contributed by atoms with Gasteiger partial charge in [0.1, 0.15) is 11.6 Å². The van der Waals surface area contributed by atoms with E-state index >= 15 is 0 Å². The van der Waals surface area contributed by atoms with Crippen LogP contribution in [0.5, 0.6) is 0 Å². The average Bonchev–Trinajstić information content (AvgIpc) is 2.54. The van der Waals surface area contributed by atoms with Gasteiger partial charge in [-0.2, -0.15) is 5.26 Å². The molecule has 1 amide bonds. The smallest absolute Gasteiger partial charge is 0.262 e. The first-order valence-electron chi connectivity index (χ1n) is 7.74. The molecule has 1 N–H and O–H groups in total. The van der Waals surface area contributed by atoms with E-state index in [9.17, 15) is 10.1 Å². The highest BCUT2D eigenvalue weighted by atomic mass is 16.1. The second kappa shape index (κ2) is 7.64. The average molecular weight is 282 g/mol. The third kappa shape index (κ3) is 4.46. The highest BCUT2D eigenvalue weighted by molar-refractivity contribution is 6.01. The second-order valence-corrected chi connectivity index (χ2v) is 5.57. The molecular formula is C18H22N2O. The van der Waals surface area contributed by atoms with Crippen LogP contribution < -0.4 is 5.32 Å². The topological polar surface area (TPSA) is 52.9 Å². The monoisotopic (exact) mass is 282 g/mol. The van der Waals surface area contributed by atoms with Crippen LogP contribution in [-0.4, -0.2) is 11.9 Å². The van der Waals surface area contributed by atoms with Crippen molar-refractivity contribution in [3.05, 3.63) is 41.0 Å². The van der Waals surface area contributed by atoms with Crippen molar-refractivity contribution in [2.45, 2.75) is 51.5 Å². The molecule has 0 aliphatic heterocycles. The Morgan fingerprint density at radius 3 is 2.52 bits per heavy atom. The van der Waals surface area contributed by atoms with Gasteiger partial charge >= 0.3 is 0 Å². The number of carbonyl (C=O) groups excluding carboxylic acids is 1. The van der Waals surface area contributed by atoms with E-state index in [1.165, 1.54) is 12.0 Å². The minimum Gasteiger partial charge on any atom is -0.349 e. The van der Waals surface area contributed by atoms with Gasteiger partial charge in [-0.25, -0.2) is 0 Å². The summed E-state index contributed by atoms with van der Waals surface area (Å²) in [4.78, 5) is 12.2. The van der Waals surface area contributed by atoms with E-state index in [4.69, 9.17) is 0 Å². The molecule has 2 rings (SSSR count). The maximum Gasteiger partial charge on any atom is 0.262 e. The SMILES string of the molecule is CCc1ccc(/C=C(/C#N)C(=O)NC2CCCCC2)cc1. The molecule has 1 aromatic rings. The van der Waals surface area contributed by atoms with Crippen molar-refractivity contribution in [1.82, 2.24) is 5.32 Å². The van der Waals surface area contributed by atoms with E-state index < -0.39 is 0 Å². The van der Waals surface area contributed by atoms with Crippen LogP contribution in [0.2, 0.25) is 0 Å². The highest BCUT2D eigenvalue weighted by Crippen LogP contribution is 2.18. The molecule has 0 bridgehead atoms. The van der Waals surface area contributed by atoms with Gasteiger partial charge in [-0.05, 0) is 36.5 Å². The molecular weight excluding hydrogens is 260 g/mol. The molecule has 1 aromatic carbocycles. The molecule has 3 heteroatoms. The summed E-state index contributed by atoms with van der Waals surface area (Å²) in [5.41, 5.74) is 2.32. The molecule has 1 aliphatic carbocycles. The highest BCUT2D eigenvalue weighted by Gasteiger charge is 2.17. The summed E-state index contributed by atoms with van der Waals surface area (Å²) >= 11 is 0. The Labute approximate surface area is 126 Å². The first kappa shape index (κ1) is 15.3. The molecule has 21 heavy (non-hydrogen) atoms. The van der Waals surface area contributed by atoms with Gasteiger partial charge in [0.15, 0.2) is 0 Å². The summed E-state index contributed by atoms with van der Waals surface area (Å²) in [6.45, 7) is 2.10. The molecule has 110 valence electrons. The molecule has 0 unspecified atom stereocenters. The summed E-state index contributed by atoms with van der Waals surface area (Å²) in [5.74, 6) is -0.246. The molecule has 0 spiro atoms. The second-order valence-electron chi connectivity index (χ2n) is 5.57. The Kier molecular flexibility index (Phi) is 5.57. The van der Waals surface area contributed by atoms with E-state index in [0.717, 1.165) is 37.7 Å². The number of nitriles is 1. The summed E-state index contributed by atoms with van der Waals surface area (Å²) in [5, 5.41) is 12.2. The molecule has 0 aromatic heterocycles. The fourth-order valence-electron chi connectivity index (χ4n) is 2.67. The Morgan fingerprint density at radius 2 is 1.95 bits per heavy atom. The van der Waals surface area contributed by atoms with Crippen LogP contribution in [0.15, 0.2) is 29.8 Å². The quantitative estimate of drug-likeness (QED) is 0.677. The van der Waals surface area contributed by atoms with E-state index in [1.807, 2.05) is 30.3 Å². The molecule has 0 radical (unpaired) electrons. The zero-order valence-electron chi connectivity index (χ0n) is 12.6. The van der Waals surface area contributed by atoms with Gasteiger partial charge in [0, 0.05) is 6.04 Å². The van der Waals surface area contributed by atoms with Crippen molar-refractivity contribution < 1.29 is 4.79 Å². The van der Waals surface area contributed by atoms with E-state index in [-0.39, 0.29) is 17.5 Å². The molecule has 0 saturated heterocycles. The number of nitrogens with zero attached hydrogens (tertiary/aromatic N) is 1. The third-order valence-corrected chi connectivity index (χ3v) is 4.00. The lowest BCUT2D eigenvalue weighted by atomic mass is 9.95. The molecule has 1 fully saturated rings. The number of aryl methyl sites for hydroxylation is 1. The van der Waals surface area contributed by atoms with Crippen LogP contribution in [0.3, 0.4) is 0 Å². The van der Waals surface area contributed by atoms with Crippen LogP contribution in [-0.2, 0) is 11.2 Å².